The lowest BCUT2D eigenvalue weighted by atomic mass is 10.3. The summed E-state index contributed by atoms with van der Waals surface area (Å²) in [6, 6.07) is 4.96. The van der Waals surface area contributed by atoms with Crippen LogP contribution in [-0.2, 0) is 6.54 Å². The van der Waals surface area contributed by atoms with Gasteiger partial charge in [-0.05, 0) is 24.3 Å². The highest BCUT2D eigenvalue weighted by atomic mass is 19.1. The molecule has 0 spiro atoms. The molecule has 2 aromatic rings. The molecule has 0 saturated heterocycles. The lowest BCUT2D eigenvalue weighted by Crippen LogP contribution is -2.03. The summed E-state index contributed by atoms with van der Waals surface area (Å²) < 4.78 is 26.1. The normalized spacial score (nSPS) is 10.1. The van der Waals surface area contributed by atoms with Gasteiger partial charge in [0.05, 0.1) is 17.9 Å². The minimum Gasteiger partial charge on any atom is -0.377 e. The van der Waals surface area contributed by atoms with Crippen molar-refractivity contribution in [2.24, 2.45) is 0 Å². The molecule has 82 valence electrons. The maximum absolute atomic E-state index is 13.2. The molecule has 1 aromatic carbocycles. The Morgan fingerprint density at radius 3 is 2.81 bits per heavy atom. The Balaban J connectivity index is 2.08. The van der Waals surface area contributed by atoms with Crippen LogP contribution >= 0.6 is 0 Å². The topological polar surface area (TPSA) is 37.8 Å². The van der Waals surface area contributed by atoms with Gasteiger partial charge in [-0.1, -0.05) is 0 Å². The summed E-state index contributed by atoms with van der Waals surface area (Å²) in [6.07, 6.45) is 2.99. The minimum atomic E-state index is -0.490. The SMILES string of the molecule is Fc1ccc(F)c(NCc2ccncn2)c1. The van der Waals surface area contributed by atoms with Gasteiger partial charge in [0.2, 0.25) is 0 Å². The Labute approximate surface area is 91.2 Å². The number of hydrogen-bond acceptors (Lipinski definition) is 3. The van der Waals surface area contributed by atoms with Gasteiger partial charge in [0.1, 0.15) is 18.0 Å². The first-order chi connectivity index (χ1) is 7.75. The van der Waals surface area contributed by atoms with E-state index >= 15 is 0 Å². The summed E-state index contributed by atoms with van der Waals surface area (Å²) in [5.74, 6) is -0.970. The molecule has 1 N–H and O–H groups in total. The second-order valence-corrected chi connectivity index (χ2v) is 3.18. The molecule has 1 aromatic heterocycles. The number of hydrogen-bond donors (Lipinski definition) is 1. The molecule has 0 aliphatic rings. The van der Waals surface area contributed by atoms with Gasteiger partial charge in [-0.25, -0.2) is 18.7 Å². The minimum absolute atomic E-state index is 0.124. The van der Waals surface area contributed by atoms with E-state index in [2.05, 4.69) is 15.3 Å². The highest BCUT2D eigenvalue weighted by Crippen LogP contribution is 2.15. The maximum Gasteiger partial charge on any atom is 0.146 e. The van der Waals surface area contributed by atoms with Crippen molar-refractivity contribution < 1.29 is 8.78 Å². The van der Waals surface area contributed by atoms with Crippen LogP contribution in [0.2, 0.25) is 0 Å². The van der Waals surface area contributed by atoms with Crippen molar-refractivity contribution in [1.29, 1.82) is 0 Å². The van der Waals surface area contributed by atoms with E-state index in [4.69, 9.17) is 0 Å². The molecule has 0 amide bonds. The zero-order valence-corrected chi connectivity index (χ0v) is 8.32. The number of nitrogens with one attached hydrogen (secondary N) is 1. The van der Waals surface area contributed by atoms with Gasteiger partial charge >= 0.3 is 0 Å². The van der Waals surface area contributed by atoms with Gasteiger partial charge in [0, 0.05) is 6.20 Å². The van der Waals surface area contributed by atoms with Gasteiger partial charge in [-0.15, -0.1) is 0 Å². The third-order valence-corrected chi connectivity index (χ3v) is 2.03. The van der Waals surface area contributed by atoms with E-state index in [0.29, 0.717) is 12.2 Å². The fraction of sp³-hybridized carbons (Fsp3) is 0.0909. The third-order valence-electron chi connectivity index (χ3n) is 2.03. The molecule has 0 bridgehead atoms. The molecule has 0 atom stereocenters. The number of aromatic nitrogens is 2. The first-order valence-corrected chi connectivity index (χ1v) is 4.69. The molecule has 5 heteroatoms. The van der Waals surface area contributed by atoms with Crippen molar-refractivity contribution in [1.82, 2.24) is 9.97 Å². The summed E-state index contributed by atoms with van der Waals surface area (Å²) in [6.45, 7) is 0.322. The zero-order valence-electron chi connectivity index (χ0n) is 8.32. The van der Waals surface area contributed by atoms with Crippen LogP contribution in [0.4, 0.5) is 14.5 Å². The summed E-state index contributed by atoms with van der Waals surface area (Å²) >= 11 is 0. The molecule has 0 fully saturated rings. The van der Waals surface area contributed by atoms with Crippen LogP contribution in [0.5, 0.6) is 0 Å². The second-order valence-electron chi connectivity index (χ2n) is 3.18. The second kappa shape index (κ2) is 4.65. The van der Waals surface area contributed by atoms with Crippen LogP contribution in [-0.4, -0.2) is 9.97 Å². The quantitative estimate of drug-likeness (QED) is 0.864. The average molecular weight is 221 g/mol. The number of halogens is 2. The van der Waals surface area contributed by atoms with E-state index in [0.717, 1.165) is 18.2 Å². The van der Waals surface area contributed by atoms with Crippen molar-refractivity contribution in [3.63, 3.8) is 0 Å². The summed E-state index contributed by atoms with van der Waals surface area (Å²) in [4.78, 5) is 7.72. The van der Waals surface area contributed by atoms with Gasteiger partial charge < -0.3 is 5.32 Å². The maximum atomic E-state index is 13.2. The fourth-order valence-corrected chi connectivity index (χ4v) is 1.24. The molecule has 1 heterocycles. The van der Waals surface area contributed by atoms with Crippen LogP contribution in [0.3, 0.4) is 0 Å². The standard InChI is InChI=1S/C11H9F2N3/c12-8-1-2-10(13)11(5-8)15-6-9-3-4-14-7-16-9/h1-5,7,15H,6H2. The molecule has 0 unspecified atom stereocenters. The first-order valence-electron chi connectivity index (χ1n) is 4.69. The fourth-order valence-electron chi connectivity index (χ4n) is 1.24. The van der Waals surface area contributed by atoms with Gasteiger partial charge in [-0.2, -0.15) is 0 Å². The van der Waals surface area contributed by atoms with Crippen LogP contribution in [0, 0.1) is 11.6 Å². The molecule has 0 aliphatic heterocycles. The highest BCUT2D eigenvalue weighted by molar-refractivity contribution is 5.44. The predicted octanol–water partition coefficient (Wildman–Crippen LogP) is 2.37. The lowest BCUT2D eigenvalue weighted by molar-refractivity contribution is 0.602. The van der Waals surface area contributed by atoms with Gasteiger partial charge in [-0.3, -0.25) is 0 Å². The van der Waals surface area contributed by atoms with E-state index in [-0.39, 0.29) is 5.69 Å². The van der Waals surface area contributed by atoms with E-state index < -0.39 is 11.6 Å². The van der Waals surface area contributed by atoms with Gasteiger partial charge in [0.15, 0.2) is 0 Å². The molecule has 16 heavy (non-hydrogen) atoms. The van der Waals surface area contributed by atoms with E-state index in [1.54, 1.807) is 12.3 Å². The Bertz CT molecular complexity index is 474. The predicted molar refractivity (Wildman–Crippen MR) is 55.7 cm³/mol. The molecule has 0 aliphatic carbocycles. The van der Waals surface area contributed by atoms with Crippen molar-refractivity contribution in [3.05, 3.63) is 54.1 Å². The number of nitrogens with zero attached hydrogens (tertiary/aromatic N) is 2. The first kappa shape index (κ1) is 10.5. The average Bonchev–Trinajstić information content (AvgIpc) is 2.32. The lowest BCUT2D eigenvalue weighted by Gasteiger charge is -2.06. The van der Waals surface area contributed by atoms with Crippen LogP contribution in [0.25, 0.3) is 0 Å². The molecule has 3 nitrogen and oxygen atoms in total. The van der Waals surface area contributed by atoms with Crippen molar-refractivity contribution >= 4 is 5.69 Å². The Hall–Kier alpha value is -2.04. The summed E-state index contributed by atoms with van der Waals surface area (Å²) in [5.41, 5.74) is 0.831. The monoisotopic (exact) mass is 221 g/mol. The smallest absolute Gasteiger partial charge is 0.146 e. The van der Waals surface area contributed by atoms with Gasteiger partial charge in [0.25, 0.3) is 0 Å². The Morgan fingerprint density at radius 2 is 2.06 bits per heavy atom. The molecular formula is C11H9F2N3. The van der Waals surface area contributed by atoms with E-state index in [1.807, 2.05) is 0 Å². The highest BCUT2D eigenvalue weighted by Gasteiger charge is 2.03. The number of benzene rings is 1. The summed E-state index contributed by atoms with van der Waals surface area (Å²) in [7, 11) is 0. The molecule has 0 saturated carbocycles. The third kappa shape index (κ3) is 2.50. The van der Waals surface area contributed by atoms with Crippen molar-refractivity contribution in [2.45, 2.75) is 6.54 Å². The van der Waals surface area contributed by atoms with Crippen LogP contribution in [0.1, 0.15) is 5.69 Å². The Morgan fingerprint density at radius 1 is 1.19 bits per heavy atom. The van der Waals surface area contributed by atoms with Crippen LogP contribution < -0.4 is 5.32 Å². The van der Waals surface area contributed by atoms with Crippen molar-refractivity contribution in [3.8, 4) is 0 Å². The van der Waals surface area contributed by atoms with Crippen LogP contribution in [0.15, 0.2) is 36.8 Å². The number of anilines is 1. The molecular weight excluding hydrogens is 212 g/mol. The molecule has 2 rings (SSSR count). The Kier molecular flexibility index (Phi) is 3.05. The summed E-state index contributed by atoms with van der Waals surface area (Å²) in [5, 5.41) is 2.76. The van der Waals surface area contributed by atoms with Crippen molar-refractivity contribution in [2.75, 3.05) is 5.32 Å². The van der Waals surface area contributed by atoms with E-state index in [1.165, 1.54) is 6.33 Å². The van der Waals surface area contributed by atoms with E-state index in [9.17, 15) is 8.78 Å². The number of rotatable bonds is 3. The largest absolute Gasteiger partial charge is 0.377 e. The zero-order chi connectivity index (χ0) is 11.4. The molecule has 0 radical (unpaired) electrons.